The second-order valence-corrected chi connectivity index (χ2v) is 8.84. The number of allylic oxidation sites excluding steroid dienone is 2. The van der Waals surface area contributed by atoms with Crippen molar-refractivity contribution in [2.24, 2.45) is 0 Å². The number of methoxy groups -OCH3 is 2. The zero-order valence-electron chi connectivity index (χ0n) is 19.7. The molecule has 2 heterocycles. The molecule has 1 aliphatic rings. The highest BCUT2D eigenvalue weighted by molar-refractivity contribution is 5.92. The van der Waals surface area contributed by atoms with Gasteiger partial charge in [-0.15, -0.1) is 0 Å². The topological polar surface area (TPSA) is 78.1 Å². The number of hydrogen-bond acceptors (Lipinski definition) is 6. The van der Waals surface area contributed by atoms with Crippen molar-refractivity contribution in [1.82, 2.24) is 0 Å². The lowest BCUT2D eigenvalue weighted by Gasteiger charge is -2.28. The molecule has 0 atom stereocenters. The zero-order valence-corrected chi connectivity index (χ0v) is 19.7. The standard InChI is InChI=1S/C27H28O6/c1-15(2)7-9-19-25(29)23-22(14-21-17(24(23)28)11-12-27(3,4)33-21)32-26(19)18-10-8-16(30-5)13-20(18)31-6/h7-8,10-14,28H,9H2,1-6H3. The molecule has 0 fully saturated rings. The van der Waals surface area contributed by atoms with Crippen LogP contribution in [0.3, 0.4) is 0 Å². The van der Waals surface area contributed by atoms with Crippen LogP contribution < -0.4 is 19.6 Å². The minimum atomic E-state index is -0.543. The van der Waals surface area contributed by atoms with Crippen LogP contribution in [0.5, 0.6) is 23.0 Å². The predicted octanol–water partition coefficient (Wildman–Crippen LogP) is 5.88. The van der Waals surface area contributed by atoms with E-state index >= 15 is 0 Å². The van der Waals surface area contributed by atoms with Gasteiger partial charge in [-0.05, 0) is 58.4 Å². The molecule has 0 unspecified atom stereocenters. The van der Waals surface area contributed by atoms with Crippen LogP contribution in [0, 0.1) is 0 Å². The molecule has 0 amide bonds. The molecule has 2 aromatic carbocycles. The monoisotopic (exact) mass is 448 g/mol. The molecule has 1 N–H and O–H groups in total. The summed E-state index contributed by atoms with van der Waals surface area (Å²) in [6.07, 6.45) is 5.94. The van der Waals surface area contributed by atoms with E-state index in [0.717, 1.165) is 5.57 Å². The van der Waals surface area contributed by atoms with E-state index in [-0.39, 0.29) is 22.1 Å². The van der Waals surface area contributed by atoms with Crippen molar-refractivity contribution in [3.05, 3.63) is 63.3 Å². The average molecular weight is 449 g/mol. The molecular weight excluding hydrogens is 420 g/mol. The molecule has 6 heteroatoms. The van der Waals surface area contributed by atoms with E-state index in [9.17, 15) is 9.90 Å². The summed E-state index contributed by atoms with van der Waals surface area (Å²) in [6, 6.07) is 6.99. The molecular formula is C27H28O6. The van der Waals surface area contributed by atoms with Gasteiger partial charge in [0, 0.05) is 17.7 Å². The van der Waals surface area contributed by atoms with Gasteiger partial charge in [0.1, 0.15) is 45.3 Å². The minimum absolute atomic E-state index is 0.134. The van der Waals surface area contributed by atoms with E-state index in [1.54, 1.807) is 44.6 Å². The van der Waals surface area contributed by atoms with Crippen LogP contribution in [0.4, 0.5) is 0 Å². The second-order valence-electron chi connectivity index (χ2n) is 8.84. The van der Waals surface area contributed by atoms with Crippen LogP contribution in [-0.2, 0) is 6.42 Å². The lowest BCUT2D eigenvalue weighted by molar-refractivity contribution is 0.158. The van der Waals surface area contributed by atoms with Crippen LogP contribution in [0.25, 0.3) is 28.4 Å². The number of benzene rings is 2. The van der Waals surface area contributed by atoms with Gasteiger partial charge in [0.15, 0.2) is 0 Å². The molecule has 0 radical (unpaired) electrons. The Kier molecular flexibility index (Phi) is 5.70. The Bertz CT molecular complexity index is 1350. The van der Waals surface area contributed by atoms with E-state index in [1.807, 2.05) is 39.8 Å². The Balaban J connectivity index is 2.06. The largest absolute Gasteiger partial charge is 0.506 e. The molecule has 0 aliphatic carbocycles. The Morgan fingerprint density at radius 1 is 1.15 bits per heavy atom. The minimum Gasteiger partial charge on any atom is -0.506 e. The molecule has 4 rings (SSSR count). The fraction of sp³-hybridized carbons (Fsp3) is 0.296. The molecule has 1 aromatic heterocycles. The van der Waals surface area contributed by atoms with Gasteiger partial charge in [0.2, 0.25) is 5.43 Å². The molecule has 0 saturated heterocycles. The number of fused-ring (bicyclic) bond motifs is 2. The van der Waals surface area contributed by atoms with Gasteiger partial charge in [0.25, 0.3) is 0 Å². The van der Waals surface area contributed by atoms with Gasteiger partial charge in [-0.2, -0.15) is 0 Å². The SMILES string of the molecule is COc1ccc(-c2oc3cc4c(c(O)c3c(=O)c2CC=C(C)C)C=CC(C)(C)O4)c(OC)c1. The summed E-state index contributed by atoms with van der Waals surface area (Å²) in [7, 11) is 3.13. The van der Waals surface area contributed by atoms with Crippen molar-refractivity contribution in [1.29, 1.82) is 0 Å². The lowest BCUT2D eigenvalue weighted by atomic mass is 9.97. The van der Waals surface area contributed by atoms with E-state index < -0.39 is 5.60 Å². The molecule has 6 nitrogen and oxygen atoms in total. The fourth-order valence-electron chi connectivity index (χ4n) is 3.90. The second kappa shape index (κ2) is 8.35. The fourth-order valence-corrected chi connectivity index (χ4v) is 3.90. The number of ether oxygens (including phenoxy) is 3. The molecule has 33 heavy (non-hydrogen) atoms. The first kappa shape index (κ1) is 22.5. The predicted molar refractivity (Wildman–Crippen MR) is 130 cm³/mol. The van der Waals surface area contributed by atoms with Crippen LogP contribution >= 0.6 is 0 Å². The summed E-state index contributed by atoms with van der Waals surface area (Å²) in [5.74, 6) is 1.83. The molecule has 0 saturated carbocycles. The van der Waals surface area contributed by atoms with Crippen LogP contribution in [0.2, 0.25) is 0 Å². The number of rotatable bonds is 5. The Morgan fingerprint density at radius 3 is 2.58 bits per heavy atom. The maximum Gasteiger partial charge on any atom is 0.200 e. The lowest BCUT2D eigenvalue weighted by Crippen LogP contribution is -2.27. The van der Waals surface area contributed by atoms with Crippen LogP contribution in [0.1, 0.15) is 38.8 Å². The van der Waals surface area contributed by atoms with Gasteiger partial charge in [-0.25, -0.2) is 0 Å². The Hall–Kier alpha value is -3.67. The summed E-state index contributed by atoms with van der Waals surface area (Å²) in [4.78, 5) is 13.7. The number of aromatic hydroxyl groups is 1. The summed E-state index contributed by atoms with van der Waals surface area (Å²) in [6.45, 7) is 7.77. The first-order chi connectivity index (χ1) is 15.6. The zero-order chi connectivity index (χ0) is 23.9. The van der Waals surface area contributed by atoms with E-state index in [4.69, 9.17) is 18.6 Å². The third kappa shape index (κ3) is 4.09. The summed E-state index contributed by atoms with van der Waals surface area (Å²) >= 11 is 0. The third-order valence-electron chi connectivity index (χ3n) is 5.65. The average Bonchev–Trinajstić information content (AvgIpc) is 2.76. The van der Waals surface area contributed by atoms with Crippen molar-refractivity contribution in [2.45, 2.75) is 39.7 Å². The van der Waals surface area contributed by atoms with E-state index in [1.165, 1.54) is 0 Å². The van der Waals surface area contributed by atoms with Gasteiger partial charge in [0.05, 0.1) is 25.3 Å². The molecule has 172 valence electrons. The number of hydrogen-bond donors (Lipinski definition) is 1. The van der Waals surface area contributed by atoms with Gasteiger partial charge in [-0.3, -0.25) is 4.79 Å². The van der Waals surface area contributed by atoms with Crippen molar-refractivity contribution in [2.75, 3.05) is 14.2 Å². The van der Waals surface area contributed by atoms with Crippen LogP contribution in [0.15, 0.2) is 51.2 Å². The van der Waals surface area contributed by atoms with E-state index in [0.29, 0.717) is 46.1 Å². The third-order valence-corrected chi connectivity index (χ3v) is 5.65. The molecule has 0 spiro atoms. The highest BCUT2D eigenvalue weighted by Gasteiger charge is 2.28. The van der Waals surface area contributed by atoms with Crippen molar-refractivity contribution < 1.29 is 23.7 Å². The quantitative estimate of drug-likeness (QED) is 0.492. The van der Waals surface area contributed by atoms with Gasteiger partial charge < -0.3 is 23.7 Å². The first-order valence-electron chi connectivity index (χ1n) is 10.7. The smallest absolute Gasteiger partial charge is 0.200 e. The van der Waals surface area contributed by atoms with Crippen molar-refractivity contribution in [3.8, 4) is 34.3 Å². The van der Waals surface area contributed by atoms with Crippen LogP contribution in [-0.4, -0.2) is 24.9 Å². The Labute approximate surface area is 192 Å². The maximum atomic E-state index is 13.7. The molecule has 3 aromatic rings. The summed E-state index contributed by atoms with van der Waals surface area (Å²) in [5, 5.41) is 11.2. The van der Waals surface area contributed by atoms with Gasteiger partial charge in [-0.1, -0.05) is 11.6 Å². The Morgan fingerprint density at radius 2 is 1.91 bits per heavy atom. The van der Waals surface area contributed by atoms with Gasteiger partial charge >= 0.3 is 0 Å². The molecule has 0 bridgehead atoms. The highest BCUT2D eigenvalue weighted by atomic mass is 16.5. The highest BCUT2D eigenvalue weighted by Crippen LogP contribution is 2.43. The number of phenols is 1. The normalized spacial score (nSPS) is 13.9. The summed E-state index contributed by atoms with van der Waals surface area (Å²) in [5.41, 5.74) is 2.00. The van der Waals surface area contributed by atoms with Crippen molar-refractivity contribution in [3.63, 3.8) is 0 Å². The van der Waals surface area contributed by atoms with E-state index in [2.05, 4.69) is 0 Å². The first-order valence-corrected chi connectivity index (χ1v) is 10.7. The maximum absolute atomic E-state index is 13.7. The van der Waals surface area contributed by atoms with Crippen molar-refractivity contribution >= 4 is 17.0 Å². The summed E-state index contributed by atoms with van der Waals surface area (Å²) < 4.78 is 23.2. The molecule has 1 aliphatic heterocycles. The number of phenolic OH excluding ortho intramolecular Hbond substituents is 1.